The molecule has 1 aliphatic heterocycles. The summed E-state index contributed by atoms with van der Waals surface area (Å²) < 4.78 is 0. The van der Waals surface area contributed by atoms with E-state index < -0.39 is 0 Å². The van der Waals surface area contributed by atoms with Crippen molar-refractivity contribution in [3.63, 3.8) is 0 Å². The third-order valence-electron chi connectivity index (χ3n) is 5.23. The van der Waals surface area contributed by atoms with Crippen molar-refractivity contribution in [3.8, 4) is 0 Å². The van der Waals surface area contributed by atoms with E-state index in [9.17, 15) is 4.79 Å². The van der Waals surface area contributed by atoms with Gasteiger partial charge in [0.25, 0.3) is 0 Å². The number of carbonyl (C=O) groups excluding carboxylic acids is 1. The van der Waals surface area contributed by atoms with Gasteiger partial charge >= 0.3 is 0 Å². The fraction of sp³-hybridized carbons (Fsp3) is 0.933. The van der Waals surface area contributed by atoms with Gasteiger partial charge < -0.3 is 10.6 Å². The van der Waals surface area contributed by atoms with Gasteiger partial charge in [-0.05, 0) is 50.0 Å². The molecule has 3 heteroatoms. The van der Waals surface area contributed by atoms with Crippen LogP contribution in [0, 0.1) is 17.3 Å². The van der Waals surface area contributed by atoms with Crippen LogP contribution in [0.5, 0.6) is 0 Å². The smallest absolute Gasteiger partial charge is 0.226 e. The number of piperidine rings is 1. The van der Waals surface area contributed by atoms with E-state index in [0.29, 0.717) is 23.8 Å². The van der Waals surface area contributed by atoms with Crippen molar-refractivity contribution in [1.29, 1.82) is 0 Å². The predicted octanol–water partition coefficient (Wildman–Crippen LogP) is 2.40. The van der Waals surface area contributed by atoms with Crippen molar-refractivity contribution in [3.05, 3.63) is 0 Å². The van der Waals surface area contributed by atoms with Crippen molar-refractivity contribution in [1.82, 2.24) is 4.90 Å². The molecule has 2 fully saturated rings. The van der Waals surface area contributed by atoms with E-state index in [2.05, 4.69) is 18.7 Å². The minimum atomic E-state index is 0.217. The number of carbonyl (C=O) groups is 1. The van der Waals surface area contributed by atoms with Crippen LogP contribution in [-0.2, 0) is 4.79 Å². The lowest BCUT2D eigenvalue weighted by Gasteiger charge is -2.41. The van der Waals surface area contributed by atoms with Crippen LogP contribution in [0.1, 0.15) is 52.4 Å². The second-order valence-electron chi connectivity index (χ2n) is 6.56. The molecule has 1 amide bonds. The Hall–Kier alpha value is -0.570. The number of rotatable bonds is 3. The van der Waals surface area contributed by atoms with E-state index >= 15 is 0 Å². The Balaban J connectivity index is 2.00. The summed E-state index contributed by atoms with van der Waals surface area (Å²) in [6.45, 7) is 7.15. The lowest BCUT2D eigenvalue weighted by molar-refractivity contribution is -0.140. The minimum Gasteiger partial charge on any atom is -0.342 e. The molecule has 1 saturated heterocycles. The Morgan fingerprint density at radius 1 is 1.39 bits per heavy atom. The van der Waals surface area contributed by atoms with Gasteiger partial charge in [-0.1, -0.05) is 20.3 Å². The van der Waals surface area contributed by atoms with Gasteiger partial charge in [-0.3, -0.25) is 4.79 Å². The molecule has 3 atom stereocenters. The number of nitrogens with two attached hydrogens (primary N) is 1. The van der Waals surface area contributed by atoms with Gasteiger partial charge in [0.05, 0.1) is 0 Å². The second kappa shape index (κ2) is 5.60. The van der Waals surface area contributed by atoms with Gasteiger partial charge in [0.15, 0.2) is 0 Å². The number of likely N-dealkylation sites (tertiary alicyclic amines) is 1. The van der Waals surface area contributed by atoms with Crippen LogP contribution in [0.4, 0.5) is 0 Å². The predicted molar refractivity (Wildman–Crippen MR) is 74.1 cm³/mol. The van der Waals surface area contributed by atoms with Crippen LogP contribution >= 0.6 is 0 Å². The van der Waals surface area contributed by atoms with Crippen LogP contribution in [0.3, 0.4) is 0 Å². The van der Waals surface area contributed by atoms with E-state index in [1.807, 2.05) is 0 Å². The zero-order chi connectivity index (χ0) is 13.2. The van der Waals surface area contributed by atoms with Crippen LogP contribution in [0.2, 0.25) is 0 Å². The summed E-state index contributed by atoms with van der Waals surface area (Å²) in [5, 5.41) is 0. The lowest BCUT2D eigenvalue weighted by atomic mass is 9.79. The molecule has 0 bridgehead atoms. The first-order chi connectivity index (χ1) is 8.59. The van der Waals surface area contributed by atoms with Crippen molar-refractivity contribution in [2.45, 2.75) is 52.4 Å². The molecule has 3 nitrogen and oxygen atoms in total. The lowest BCUT2D eigenvalue weighted by Crippen LogP contribution is -2.47. The normalized spacial score (nSPS) is 36.9. The van der Waals surface area contributed by atoms with Gasteiger partial charge in [0.1, 0.15) is 0 Å². The van der Waals surface area contributed by atoms with Gasteiger partial charge in [0.2, 0.25) is 5.91 Å². The molecule has 0 aromatic carbocycles. The highest BCUT2D eigenvalue weighted by molar-refractivity contribution is 5.79. The summed E-state index contributed by atoms with van der Waals surface area (Å²) in [5.74, 6) is 1.05. The molecule has 0 spiro atoms. The summed E-state index contributed by atoms with van der Waals surface area (Å²) in [4.78, 5) is 14.8. The van der Waals surface area contributed by atoms with Gasteiger partial charge in [-0.2, -0.15) is 0 Å². The fourth-order valence-corrected chi connectivity index (χ4v) is 3.67. The summed E-state index contributed by atoms with van der Waals surface area (Å²) in [7, 11) is 0. The first kappa shape index (κ1) is 13.9. The highest BCUT2D eigenvalue weighted by Gasteiger charge is 2.38. The number of amides is 1. The van der Waals surface area contributed by atoms with Crippen molar-refractivity contribution < 1.29 is 4.79 Å². The molecule has 0 radical (unpaired) electrons. The zero-order valence-corrected chi connectivity index (χ0v) is 12.0. The average Bonchev–Trinajstić information content (AvgIpc) is 2.86. The molecule has 1 aliphatic carbocycles. The highest BCUT2D eigenvalue weighted by atomic mass is 16.2. The Labute approximate surface area is 111 Å². The molecule has 0 aromatic heterocycles. The van der Waals surface area contributed by atoms with E-state index in [1.165, 1.54) is 19.3 Å². The molecule has 18 heavy (non-hydrogen) atoms. The Morgan fingerprint density at radius 2 is 2.17 bits per heavy atom. The summed E-state index contributed by atoms with van der Waals surface area (Å²) in [6, 6.07) is 0. The first-order valence-electron chi connectivity index (χ1n) is 7.58. The second-order valence-corrected chi connectivity index (χ2v) is 6.56. The molecule has 0 aromatic rings. The Bertz CT molecular complexity index is 305. The molecular weight excluding hydrogens is 224 g/mol. The highest BCUT2D eigenvalue weighted by Crippen LogP contribution is 2.37. The first-order valence-corrected chi connectivity index (χ1v) is 7.58. The van der Waals surface area contributed by atoms with Crippen LogP contribution in [-0.4, -0.2) is 30.4 Å². The van der Waals surface area contributed by atoms with E-state index in [0.717, 1.165) is 32.4 Å². The largest absolute Gasteiger partial charge is 0.342 e. The Morgan fingerprint density at radius 3 is 2.83 bits per heavy atom. The molecular formula is C15H28N2O. The molecule has 1 unspecified atom stereocenters. The molecule has 2 N–H and O–H groups in total. The zero-order valence-electron chi connectivity index (χ0n) is 12.0. The third kappa shape index (κ3) is 2.71. The summed E-state index contributed by atoms with van der Waals surface area (Å²) >= 11 is 0. The molecule has 2 aliphatic rings. The van der Waals surface area contributed by atoms with Gasteiger partial charge in [-0.25, -0.2) is 0 Å². The van der Waals surface area contributed by atoms with E-state index in [4.69, 9.17) is 5.73 Å². The molecule has 1 heterocycles. The number of hydrogen-bond donors (Lipinski definition) is 1. The molecule has 1 saturated carbocycles. The average molecular weight is 252 g/mol. The van der Waals surface area contributed by atoms with E-state index in [-0.39, 0.29) is 5.92 Å². The quantitative estimate of drug-likeness (QED) is 0.838. The van der Waals surface area contributed by atoms with Crippen molar-refractivity contribution in [2.75, 3.05) is 19.6 Å². The van der Waals surface area contributed by atoms with Crippen LogP contribution in [0.15, 0.2) is 0 Å². The topological polar surface area (TPSA) is 46.3 Å². The van der Waals surface area contributed by atoms with Crippen LogP contribution < -0.4 is 5.73 Å². The third-order valence-corrected chi connectivity index (χ3v) is 5.23. The van der Waals surface area contributed by atoms with Crippen LogP contribution in [0.25, 0.3) is 0 Å². The molecule has 104 valence electrons. The summed E-state index contributed by atoms with van der Waals surface area (Å²) in [5.41, 5.74) is 6.14. The summed E-state index contributed by atoms with van der Waals surface area (Å²) in [6.07, 6.45) is 6.97. The van der Waals surface area contributed by atoms with E-state index in [1.54, 1.807) is 0 Å². The SMILES string of the molecule is CCC1(C)CCCN(C(=O)[C@@H]2CCC[C@@H]2CN)C1. The monoisotopic (exact) mass is 252 g/mol. The number of hydrogen-bond acceptors (Lipinski definition) is 2. The number of nitrogens with zero attached hydrogens (tertiary/aromatic N) is 1. The fourth-order valence-electron chi connectivity index (χ4n) is 3.67. The maximum Gasteiger partial charge on any atom is 0.226 e. The van der Waals surface area contributed by atoms with Gasteiger partial charge in [-0.15, -0.1) is 0 Å². The molecule has 2 rings (SSSR count). The minimum absolute atomic E-state index is 0.217. The Kier molecular flexibility index (Phi) is 4.31. The van der Waals surface area contributed by atoms with Crippen molar-refractivity contribution >= 4 is 5.91 Å². The standard InChI is InChI=1S/C15H28N2O/c1-3-15(2)8-5-9-17(11-15)14(18)13-7-4-6-12(13)10-16/h12-13H,3-11,16H2,1-2H3/t12-,13-,15?/m1/s1. The van der Waals surface area contributed by atoms with Crippen molar-refractivity contribution in [2.24, 2.45) is 23.0 Å². The maximum absolute atomic E-state index is 12.6. The maximum atomic E-state index is 12.6. The van der Waals surface area contributed by atoms with Gasteiger partial charge in [0, 0.05) is 19.0 Å².